The summed E-state index contributed by atoms with van der Waals surface area (Å²) in [6.45, 7) is 0. The molecular formula is C12H10N4O. The first-order chi connectivity index (χ1) is 8.25. The van der Waals surface area contributed by atoms with Gasteiger partial charge >= 0.3 is 0 Å². The minimum atomic E-state index is 0.325. The van der Waals surface area contributed by atoms with E-state index in [0.29, 0.717) is 22.7 Å². The van der Waals surface area contributed by atoms with E-state index < -0.39 is 0 Å². The van der Waals surface area contributed by atoms with Crippen molar-refractivity contribution in [1.29, 1.82) is 0 Å². The van der Waals surface area contributed by atoms with Crippen molar-refractivity contribution in [1.82, 2.24) is 10.1 Å². The molecule has 0 atom stereocenters. The Hall–Kier alpha value is -2.56. The lowest BCUT2D eigenvalue weighted by molar-refractivity contribution is 0.453. The van der Waals surface area contributed by atoms with Gasteiger partial charge in [-0.05, 0) is 11.6 Å². The lowest BCUT2D eigenvalue weighted by atomic mass is 10.0. The van der Waals surface area contributed by atoms with Crippen LogP contribution in [0.1, 0.15) is 0 Å². The van der Waals surface area contributed by atoms with Gasteiger partial charge in [0.05, 0.1) is 5.39 Å². The normalized spacial score (nSPS) is 10.8. The minimum absolute atomic E-state index is 0.325. The molecule has 0 aliphatic carbocycles. The molecule has 0 aliphatic heterocycles. The van der Waals surface area contributed by atoms with Gasteiger partial charge in [0.1, 0.15) is 5.82 Å². The zero-order valence-electron chi connectivity index (χ0n) is 8.92. The van der Waals surface area contributed by atoms with E-state index in [-0.39, 0.29) is 0 Å². The second-order valence-corrected chi connectivity index (χ2v) is 3.71. The van der Waals surface area contributed by atoms with Crippen LogP contribution in [0.25, 0.3) is 22.2 Å². The summed E-state index contributed by atoms with van der Waals surface area (Å²) >= 11 is 0. The van der Waals surface area contributed by atoms with E-state index in [4.69, 9.17) is 16.0 Å². The summed E-state index contributed by atoms with van der Waals surface area (Å²) in [5.41, 5.74) is 13.8. The van der Waals surface area contributed by atoms with Crippen molar-refractivity contribution in [3.8, 4) is 11.1 Å². The van der Waals surface area contributed by atoms with Gasteiger partial charge in [-0.2, -0.15) is 4.98 Å². The van der Waals surface area contributed by atoms with E-state index >= 15 is 0 Å². The van der Waals surface area contributed by atoms with Gasteiger partial charge in [-0.1, -0.05) is 35.5 Å². The fourth-order valence-corrected chi connectivity index (χ4v) is 1.84. The lowest BCUT2D eigenvalue weighted by Crippen LogP contribution is -1.93. The smallest absolute Gasteiger partial charge is 0.262 e. The lowest BCUT2D eigenvalue weighted by Gasteiger charge is -2.03. The molecule has 0 aliphatic rings. The molecule has 0 bridgehead atoms. The van der Waals surface area contributed by atoms with Gasteiger partial charge in [-0.25, -0.2) is 0 Å². The summed E-state index contributed by atoms with van der Waals surface area (Å²) in [5.74, 6) is 0.707. The Kier molecular flexibility index (Phi) is 1.98. The summed E-state index contributed by atoms with van der Waals surface area (Å²) in [6, 6.07) is 11.6. The Morgan fingerprint density at radius 2 is 1.82 bits per heavy atom. The zero-order chi connectivity index (χ0) is 11.8. The SMILES string of the molecule is Nc1cc(-c2ccccc2)c2c(N)noc2n1. The van der Waals surface area contributed by atoms with Crippen LogP contribution in [0.3, 0.4) is 0 Å². The number of aromatic nitrogens is 2. The monoisotopic (exact) mass is 226 g/mol. The molecule has 0 radical (unpaired) electrons. The number of hydrogen-bond acceptors (Lipinski definition) is 5. The van der Waals surface area contributed by atoms with E-state index in [1.54, 1.807) is 6.07 Å². The third kappa shape index (κ3) is 1.48. The van der Waals surface area contributed by atoms with Gasteiger partial charge in [0.15, 0.2) is 5.82 Å². The highest BCUT2D eigenvalue weighted by atomic mass is 16.5. The van der Waals surface area contributed by atoms with E-state index in [1.165, 1.54) is 0 Å². The Morgan fingerprint density at radius 3 is 2.59 bits per heavy atom. The van der Waals surface area contributed by atoms with Gasteiger partial charge in [-0.3, -0.25) is 0 Å². The maximum Gasteiger partial charge on any atom is 0.262 e. The molecule has 2 heterocycles. The van der Waals surface area contributed by atoms with Gasteiger partial charge in [0, 0.05) is 5.56 Å². The Bertz CT molecular complexity index is 676. The predicted octanol–water partition coefficient (Wildman–Crippen LogP) is 2.05. The van der Waals surface area contributed by atoms with E-state index in [0.717, 1.165) is 11.1 Å². The standard InChI is InChI=1S/C12H10N4O/c13-9-6-8(7-4-2-1-3-5-7)10-11(14)16-17-12(10)15-9/h1-6H,(H2,13,15)(H2,14,16). The molecule has 3 rings (SSSR count). The molecule has 84 valence electrons. The Labute approximate surface area is 97.0 Å². The molecular weight excluding hydrogens is 216 g/mol. The highest BCUT2D eigenvalue weighted by Gasteiger charge is 2.14. The Balaban J connectivity index is 2.39. The highest BCUT2D eigenvalue weighted by Crippen LogP contribution is 2.32. The average molecular weight is 226 g/mol. The van der Waals surface area contributed by atoms with Gasteiger partial charge in [0.2, 0.25) is 0 Å². The number of rotatable bonds is 1. The number of anilines is 2. The van der Waals surface area contributed by atoms with Crippen LogP contribution in [0, 0.1) is 0 Å². The fraction of sp³-hybridized carbons (Fsp3) is 0. The number of hydrogen-bond donors (Lipinski definition) is 2. The summed E-state index contributed by atoms with van der Waals surface area (Å²) in [4.78, 5) is 4.05. The van der Waals surface area contributed by atoms with Crippen molar-refractivity contribution in [2.24, 2.45) is 0 Å². The second-order valence-electron chi connectivity index (χ2n) is 3.71. The number of benzene rings is 1. The van der Waals surface area contributed by atoms with E-state index in [1.807, 2.05) is 30.3 Å². The van der Waals surface area contributed by atoms with Gasteiger partial charge in [0.25, 0.3) is 5.71 Å². The van der Waals surface area contributed by atoms with Crippen molar-refractivity contribution >= 4 is 22.7 Å². The Morgan fingerprint density at radius 1 is 1.06 bits per heavy atom. The zero-order valence-corrected chi connectivity index (χ0v) is 8.92. The summed E-state index contributed by atoms with van der Waals surface area (Å²) < 4.78 is 5.03. The summed E-state index contributed by atoms with van der Waals surface area (Å²) in [5, 5.41) is 4.41. The molecule has 5 nitrogen and oxygen atoms in total. The molecule has 0 fully saturated rings. The predicted molar refractivity (Wildman–Crippen MR) is 66.1 cm³/mol. The van der Waals surface area contributed by atoms with Crippen LogP contribution in [-0.4, -0.2) is 10.1 Å². The number of nitrogen functional groups attached to an aromatic ring is 2. The van der Waals surface area contributed by atoms with Crippen LogP contribution in [0.4, 0.5) is 11.6 Å². The van der Waals surface area contributed by atoms with Crippen LogP contribution < -0.4 is 11.5 Å². The first-order valence-electron chi connectivity index (χ1n) is 5.12. The first kappa shape index (κ1) is 9.65. The minimum Gasteiger partial charge on any atom is -0.384 e. The molecule has 2 aromatic heterocycles. The third-order valence-corrected chi connectivity index (χ3v) is 2.58. The quantitative estimate of drug-likeness (QED) is 0.662. The number of fused-ring (bicyclic) bond motifs is 1. The molecule has 0 saturated carbocycles. The van der Waals surface area contributed by atoms with Crippen molar-refractivity contribution in [3.05, 3.63) is 36.4 Å². The van der Waals surface area contributed by atoms with Crippen molar-refractivity contribution in [2.75, 3.05) is 11.5 Å². The van der Waals surface area contributed by atoms with E-state index in [2.05, 4.69) is 10.1 Å². The van der Waals surface area contributed by atoms with Crippen molar-refractivity contribution in [3.63, 3.8) is 0 Å². The van der Waals surface area contributed by atoms with E-state index in [9.17, 15) is 0 Å². The molecule has 3 aromatic rings. The fourth-order valence-electron chi connectivity index (χ4n) is 1.84. The first-order valence-corrected chi connectivity index (χ1v) is 5.12. The van der Waals surface area contributed by atoms with Crippen LogP contribution in [0.15, 0.2) is 40.9 Å². The van der Waals surface area contributed by atoms with Crippen molar-refractivity contribution < 1.29 is 4.52 Å². The van der Waals surface area contributed by atoms with Crippen LogP contribution in [0.5, 0.6) is 0 Å². The average Bonchev–Trinajstić information content (AvgIpc) is 2.71. The summed E-state index contributed by atoms with van der Waals surface area (Å²) in [7, 11) is 0. The number of nitrogens with two attached hydrogens (primary N) is 2. The molecule has 17 heavy (non-hydrogen) atoms. The molecule has 1 aromatic carbocycles. The number of nitrogens with zero attached hydrogens (tertiary/aromatic N) is 2. The number of pyridine rings is 1. The molecule has 4 N–H and O–H groups in total. The van der Waals surface area contributed by atoms with Crippen LogP contribution in [-0.2, 0) is 0 Å². The maximum absolute atomic E-state index is 5.78. The van der Waals surface area contributed by atoms with Gasteiger partial charge in [-0.15, -0.1) is 0 Å². The second kappa shape index (κ2) is 3.48. The highest BCUT2D eigenvalue weighted by molar-refractivity contribution is 5.99. The largest absolute Gasteiger partial charge is 0.384 e. The van der Waals surface area contributed by atoms with Crippen LogP contribution in [0.2, 0.25) is 0 Å². The molecule has 0 amide bonds. The molecule has 5 heteroatoms. The topological polar surface area (TPSA) is 91.0 Å². The molecule has 0 saturated heterocycles. The van der Waals surface area contributed by atoms with Crippen LogP contribution >= 0.6 is 0 Å². The summed E-state index contributed by atoms with van der Waals surface area (Å²) in [6.07, 6.45) is 0. The maximum atomic E-state index is 5.78. The van der Waals surface area contributed by atoms with Crippen molar-refractivity contribution in [2.45, 2.75) is 0 Å². The third-order valence-electron chi connectivity index (χ3n) is 2.58. The molecule has 0 spiro atoms. The molecule has 0 unspecified atom stereocenters. The van der Waals surface area contributed by atoms with Gasteiger partial charge < -0.3 is 16.0 Å².